The van der Waals surface area contributed by atoms with Gasteiger partial charge >= 0.3 is 0 Å². The highest BCUT2D eigenvalue weighted by molar-refractivity contribution is 6.00. The third kappa shape index (κ3) is 3.11. The van der Waals surface area contributed by atoms with Crippen LogP contribution in [0.4, 0.5) is 20.3 Å². The van der Waals surface area contributed by atoms with Crippen LogP contribution in [0, 0.1) is 11.6 Å². The van der Waals surface area contributed by atoms with Crippen molar-refractivity contribution in [1.82, 2.24) is 14.9 Å². The van der Waals surface area contributed by atoms with Crippen molar-refractivity contribution in [3.05, 3.63) is 71.9 Å². The third-order valence-electron chi connectivity index (χ3n) is 4.06. The molecule has 9 heteroatoms. The number of hydrazone groups is 1. The highest BCUT2D eigenvalue weighted by Crippen LogP contribution is 2.26. The van der Waals surface area contributed by atoms with E-state index in [1.54, 1.807) is 12.1 Å². The zero-order valence-electron chi connectivity index (χ0n) is 13.9. The first-order chi connectivity index (χ1) is 13.0. The van der Waals surface area contributed by atoms with E-state index < -0.39 is 11.6 Å². The summed E-state index contributed by atoms with van der Waals surface area (Å²) in [6.07, 6.45) is 1.87. The van der Waals surface area contributed by atoms with E-state index >= 15 is 0 Å². The van der Waals surface area contributed by atoms with Crippen molar-refractivity contribution < 1.29 is 8.78 Å². The number of hydrogen-bond acceptors (Lipinski definition) is 5. The van der Waals surface area contributed by atoms with Gasteiger partial charge in [0.05, 0.1) is 16.6 Å². The molecule has 4 aromatic rings. The highest BCUT2D eigenvalue weighted by atomic mass is 19.1. The van der Waals surface area contributed by atoms with E-state index in [1.807, 2.05) is 28.8 Å². The number of hydrogen-bond donors (Lipinski definition) is 4. The lowest BCUT2D eigenvalue weighted by Gasteiger charge is -2.12. The molecule has 0 aliphatic heterocycles. The van der Waals surface area contributed by atoms with Crippen LogP contribution in [0.5, 0.6) is 0 Å². The zero-order valence-corrected chi connectivity index (χ0v) is 13.9. The second-order valence-electron chi connectivity index (χ2n) is 5.84. The largest absolute Gasteiger partial charge is 0.382 e. The third-order valence-corrected chi connectivity index (χ3v) is 4.06. The second-order valence-corrected chi connectivity index (χ2v) is 5.84. The van der Waals surface area contributed by atoms with Gasteiger partial charge in [0.2, 0.25) is 0 Å². The van der Waals surface area contributed by atoms with Crippen molar-refractivity contribution in [2.45, 2.75) is 0 Å². The Bertz CT molecular complexity index is 1160. The Balaban J connectivity index is 1.88. The number of aromatic nitrogens is 2. The number of nitrogens with zero attached hydrogens (tertiary/aromatic N) is 3. The predicted octanol–water partition coefficient (Wildman–Crippen LogP) is 2.59. The molecular formula is C18H15F2N7. The smallest absolute Gasteiger partial charge is 0.155 e. The summed E-state index contributed by atoms with van der Waals surface area (Å²) in [5.74, 6) is 4.47. The monoisotopic (exact) mass is 367 g/mol. The fourth-order valence-corrected chi connectivity index (χ4v) is 2.93. The first kappa shape index (κ1) is 16.7. The Labute approximate surface area is 152 Å². The number of fused-ring (bicyclic) bond motifs is 3. The van der Waals surface area contributed by atoms with Crippen molar-refractivity contribution >= 4 is 33.9 Å². The fraction of sp³-hybridized carbons (Fsp3) is 0. The van der Waals surface area contributed by atoms with Gasteiger partial charge in [-0.2, -0.15) is 0 Å². The molecule has 0 amide bonds. The summed E-state index contributed by atoms with van der Waals surface area (Å²) >= 11 is 0. The normalized spacial score (nSPS) is 11.9. The van der Waals surface area contributed by atoms with Gasteiger partial charge in [-0.1, -0.05) is 0 Å². The molecule has 136 valence electrons. The average Bonchev–Trinajstić information content (AvgIpc) is 3.11. The summed E-state index contributed by atoms with van der Waals surface area (Å²) in [5, 5.41) is 6.73. The Morgan fingerprint density at radius 2 is 1.81 bits per heavy atom. The quantitative estimate of drug-likeness (QED) is 0.192. The van der Waals surface area contributed by atoms with Gasteiger partial charge in [0.15, 0.2) is 11.7 Å². The van der Waals surface area contributed by atoms with Gasteiger partial charge < -0.3 is 15.5 Å². The van der Waals surface area contributed by atoms with Gasteiger partial charge in [0.25, 0.3) is 0 Å². The van der Waals surface area contributed by atoms with Crippen LogP contribution in [0.25, 0.3) is 16.6 Å². The minimum atomic E-state index is -0.676. The van der Waals surface area contributed by atoms with Crippen molar-refractivity contribution in [3.8, 4) is 0 Å². The highest BCUT2D eigenvalue weighted by Gasteiger charge is 2.11. The Hall–Kier alpha value is -3.72. The van der Waals surface area contributed by atoms with Crippen LogP contribution in [-0.2, 0) is 0 Å². The standard InChI is InChI=1S/C18H15F2N7/c19-11-7-12(20)9-13(8-11)23-18-16-2-1-5-27(16)15-4-3-10(6-14(15)24-18)17(21)25-26-22/h1-9,26H,22H2,(H2,21,25)(H,23,24). The van der Waals surface area contributed by atoms with Crippen molar-refractivity contribution in [3.63, 3.8) is 0 Å². The van der Waals surface area contributed by atoms with E-state index in [0.717, 1.165) is 17.1 Å². The number of hydrazine groups is 1. The molecule has 0 aliphatic rings. The number of benzene rings is 2. The van der Waals surface area contributed by atoms with Crippen LogP contribution in [0.3, 0.4) is 0 Å². The molecule has 7 nitrogen and oxygen atoms in total. The number of halogens is 2. The Morgan fingerprint density at radius 3 is 2.56 bits per heavy atom. The summed E-state index contributed by atoms with van der Waals surface area (Å²) < 4.78 is 28.9. The molecule has 0 bridgehead atoms. The molecular weight excluding hydrogens is 352 g/mol. The van der Waals surface area contributed by atoms with Gasteiger partial charge in [0, 0.05) is 23.5 Å². The number of rotatable bonds is 4. The molecule has 0 aliphatic carbocycles. The minimum absolute atomic E-state index is 0.204. The zero-order chi connectivity index (χ0) is 19.0. The molecule has 0 unspecified atom stereocenters. The van der Waals surface area contributed by atoms with Crippen molar-refractivity contribution in [2.24, 2.45) is 16.7 Å². The SMILES string of the molecule is NN/N=C(\N)c1ccc2c(c1)nc(Nc1cc(F)cc(F)c1)c1cccn12. The Morgan fingerprint density at radius 1 is 1.04 bits per heavy atom. The molecule has 6 N–H and O–H groups in total. The van der Waals surface area contributed by atoms with E-state index in [0.29, 0.717) is 16.9 Å². The van der Waals surface area contributed by atoms with Crippen LogP contribution in [0.1, 0.15) is 5.56 Å². The number of nitrogens with one attached hydrogen (secondary N) is 2. The van der Waals surface area contributed by atoms with Crippen molar-refractivity contribution in [1.29, 1.82) is 0 Å². The van der Waals surface area contributed by atoms with Gasteiger partial charge in [-0.05, 0) is 42.5 Å². The Kier molecular flexibility index (Phi) is 4.05. The summed E-state index contributed by atoms with van der Waals surface area (Å²) in [5.41, 5.74) is 11.1. The summed E-state index contributed by atoms with van der Waals surface area (Å²) in [6, 6.07) is 12.3. The van der Waals surface area contributed by atoms with E-state index in [2.05, 4.69) is 20.9 Å². The van der Waals surface area contributed by atoms with E-state index in [-0.39, 0.29) is 11.5 Å². The van der Waals surface area contributed by atoms with Crippen LogP contribution < -0.4 is 22.4 Å². The van der Waals surface area contributed by atoms with E-state index in [9.17, 15) is 8.78 Å². The predicted molar refractivity (Wildman–Crippen MR) is 100 cm³/mol. The molecule has 0 atom stereocenters. The number of nitrogens with two attached hydrogens (primary N) is 2. The molecule has 0 fully saturated rings. The lowest BCUT2D eigenvalue weighted by atomic mass is 10.1. The summed E-state index contributed by atoms with van der Waals surface area (Å²) in [6.45, 7) is 0. The van der Waals surface area contributed by atoms with Crippen molar-refractivity contribution in [2.75, 3.05) is 5.32 Å². The molecule has 0 spiro atoms. The maximum atomic E-state index is 13.5. The topological polar surface area (TPSA) is 106 Å². The molecule has 2 aromatic carbocycles. The molecule has 4 rings (SSSR count). The van der Waals surface area contributed by atoms with Gasteiger partial charge in [0.1, 0.15) is 11.6 Å². The van der Waals surface area contributed by atoms with E-state index in [4.69, 9.17) is 11.6 Å². The van der Waals surface area contributed by atoms with Crippen LogP contribution >= 0.6 is 0 Å². The lowest BCUT2D eigenvalue weighted by molar-refractivity contribution is 0.584. The average molecular weight is 367 g/mol. The van der Waals surface area contributed by atoms with Crippen LogP contribution in [0.15, 0.2) is 59.8 Å². The maximum absolute atomic E-state index is 13.5. The van der Waals surface area contributed by atoms with Gasteiger partial charge in [-0.25, -0.2) is 25.1 Å². The first-order valence-corrected chi connectivity index (χ1v) is 7.98. The molecule has 27 heavy (non-hydrogen) atoms. The second kappa shape index (κ2) is 6.54. The molecule has 0 saturated carbocycles. The van der Waals surface area contributed by atoms with E-state index in [1.165, 1.54) is 12.1 Å². The first-order valence-electron chi connectivity index (χ1n) is 7.98. The van der Waals surface area contributed by atoms with Gasteiger partial charge in [-0.3, -0.25) is 0 Å². The maximum Gasteiger partial charge on any atom is 0.155 e. The fourth-order valence-electron chi connectivity index (χ4n) is 2.93. The van der Waals surface area contributed by atoms with Crippen LogP contribution in [0.2, 0.25) is 0 Å². The molecule has 0 radical (unpaired) electrons. The van der Waals surface area contributed by atoms with Crippen LogP contribution in [-0.4, -0.2) is 15.2 Å². The molecule has 0 saturated heterocycles. The lowest BCUT2D eigenvalue weighted by Crippen LogP contribution is -2.23. The van der Waals surface area contributed by atoms with Gasteiger partial charge in [-0.15, -0.1) is 5.10 Å². The number of amidine groups is 1. The summed E-state index contributed by atoms with van der Waals surface area (Å²) in [4.78, 5) is 4.59. The minimum Gasteiger partial charge on any atom is -0.382 e. The molecule has 2 heterocycles. The number of anilines is 2. The summed E-state index contributed by atoms with van der Waals surface area (Å²) in [7, 11) is 0. The molecule has 2 aromatic heterocycles.